The topological polar surface area (TPSA) is 49.9 Å². The lowest BCUT2D eigenvalue weighted by atomic mass is 9.94. The molecule has 1 aromatic carbocycles. The van der Waals surface area contributed by atoms with Gasteiger partial charge in [0.05, 0.1) is 12.7 Å². The van der Waals surface area contributed by atoms with Crippen LogP contribution < -0.4 is 0 Å². The lowest BCUT2D eigenvalue weighted by Gasteiger charge is -2.37. The molecule has 1 aromatic rings. The van der Waals surface area contributed by atoms with Crippen molar-refractivity contribution in [2.75, 3.05) is 26.2 Å². The van der Waals surface area contributed by atoms with Gasteiger partial charge in [0.2, 0.25) is 11.8 Å². The number of carbonyl (C=O) groups excluding carboxylic acids is 2. The van der Waals surface area contributed by atoms with E-state index < -0.39 is 0 Å². The Morgan fingerprint density at radius 3 is 1.85 bits per heavy atom. The highest BCUT2D eigenvalue weighted by Crippen LogP contribution is 2.33. The molecule has 3 fully saturated rings. The van der Waals surface area contributed by atoms with Gasteiger partial charge in [0, 0.05) is 38.0 Å². The molecule has 146 valence electrons. The van der Waals surface area contributed by atoms with E-state index in [0.29, 0.717) is 12.5 Å². The van der Waals surface area contributed by atoms with Crippen LogP contribution in [-0.4, -0.2) is 53.9 Å². The molecule has 0 spiro atoms. The Bertz CT molecular complexity index is 643. The van der Waals surface area contributed by atoms with Crippen molar-refractivity contribution < 1.29 is 14.3 Å². The van der Waals surface area contributed by atoms with E-state index in [1.54, 1.807) is 0 Å². The molecule has 0 unspecified atom stereocenters. The summed E-state index contributed by atoms with van der Waals surface area (Å²) in [6.07, 6.45) is 5.82. The molecule has 0 radical (unpaired) electrons. The van der Waals surface area contributed by atoms with E-state index in [9.17, 15) is 9.59 Å². The Kier molecular flexibility index (Phi) is 5.77. The molecule has 2 heterocycles. The Balaban J connectivity index is 1.18. The molecule has 1 aliphatic carbocycles. The highest BCUT2D eigenvalue weighted by molar-refractivity contribution is 5.82. The number of amides is 2. The summed E-state index contributed by atoms with van der Waals surface area (Å²) < 4.78 is 6.03. The molecule has 27 heavy (non-hydrogen) atoms. The number of carbonyl (C=O) groups is 2. The number of rotatable bonds is 5. The monoisotopic (exact) mass is 370 g/mol. The maximum absolute atomic E-state index is 12.8. The zero-order valence-corrected chi connectivity index (χ0v) is 16.0. The van der Waals surface area contributed by atoms with Crippen LogP contribution in [0.3, 0.4) is 0 Å². The van der Waals surface area contributed by atoms with E-state index in [1.807, 2.05) is 28.0 Å². The minimum absolute atomic E-state index is 0.0926. The molecule has 4 rings (SSSR count). The Labute approximate surface area is 161 Å². The van der Waals surface area contributed by atoms with Gasteiger partial charge in [-0.25, -0.2) is 0 Å². The second-order valence-corrected chi connectivity index (χ2v) is 8.20. The number of ether oxygens (including phenoxy) is 1. The van der Waals surface area contributed by atoms with Crippen LogP contribution >= 0.6 is 0 Å². The summed E-state index contributed by atoms with van der Waals surface area (Å²) in [6.45, 7) is 3.73. The van der Waals surface area contributed by atoms with Crippen molar-refractivity contribution in [3.05, 3.63) is 35.9 Å². The summed E-state index contributed by atoms with van der Waals surface area (Å²) in [5, 5.41) is 0. The number of piperidine rings is 2. The van der Waals surface area contributed by atoms with Gasteiger partial charge in [0.25, 0.3) is 0 Å². The van der Waals surface area contributed by atoms with Crippen LogP contribution in [0.25, 0.3) is 0 Å². The van der Waals surface area contributed by atoms with Crippen LogP contribution in [0.5, 0.6) is 0 Å². The predicted molar refractivity (Wildman–Crippen MR) is 103 cm³/mol. The standard InChI is InChI=1S/C22H30N2O3/c25-21(18-6-7-18)23-12-8-19(9-13-23)22(26)24-14-10-20(11-15-24)27-16-17-4-2-1-3-5-17/h1-5,18-20H,6-16H2. The number of hydrogen-bond donors (Lipinski definition) is 0. The first kappa shape index (κ1) is 18.5. The van der Waals surface area contributed by atoms with Gasteiger partial charge in [-0.15, -0.1) is 0 Å². The molecule has 2 amide bonds. The molecule has 3 aliphatic rings. The van der Waals surface area contributed by atoms with Crippen LogP contribution in [0.1, 0.15) is 44.1 Å². The van der Waals surface area contributed by atoms with Crippen LogP contribution in [0, 0.1) is 11.8 Å². The van der Waals surface area contributed by atoms with E-state index in [0.717, 1.165) is 64.7 Å². The molecule has 0 atom stereocenters. The first-order valence-corrected chi connectivity index (χ1v) is 10.4. The average Bonchev–Trinajstić information content (AvgIpc) is 3.58. The van der Waals surface area contributed by atoms with Crippen molar-refractivity contribution in [3.8, 4) is 0 Å². The fraction of sp³-hybridized carbons (Fsp3) is 0.636. The normalized spacial score (nSPS) is 22.1. The largest absolute Gasteiger partial charge is 0.373 e. The van der Waals surface area contributed by atoms with E-state index in [2.05, 4.69) is 12.1 Å². The number of benzene rings is 1. The lowest BCUT2D eigenvalue weighted by molar-refractivity contribution is -0.143. The van der Waals surface area contributed by atoms with Crippen LogP contribution in [-0.2, 0) is 20.9 Å². The van der Waals surface area contributed by atoms with E-state index in [1.165, 1.54) is 5.56 Å². The van der Waals surface area contributed by atoms with Crippen molar-refractivity contribution in [3.63, 3.8) is 0 Å². The summed E-state index contributed by atoms with van der Waals surface area (Å²) in [7, 11) is 0. The van der Waals surface area contributed by atoms with Crippen LogP contribution in [0.4, 0.5) is 0 Å². The highest BCUT2D eigenvalue weighted by atomic mass is 16.5. The molecule has 1 saturated carbocycles. The fourth-order valence-corrected chi connectivity index (χ4v) is 4.22. The van der Waals surface area contributed by atoms with Crippen molar-refractivity contribution in [2.45, 2.75) is 51.2 Å². The Hall–Kier alpha value is -1.88. The summed E-state index contributed by atoms with van der Waals surface area (Å²) in [4.78, 5) is 29.0. The van der Waals surface area contributed by atoms with Gasteiger partial charge in [0.15, 0.2) is 0 Å². The highest BCUT2D eigenvalue weighted by Gasteiger charge is 2.37. The smallest absolute Gasteiger partial charge is 0.225 e. The maximum Gasteiger partial charge on any atom is 0.225 e. The third-order valence-corrected chi connectivity index (χ3v) is 6.16. The Morgan fingerprint density at radius 1 is 0.778 bits per heavy atom. The van der Waals surface area contributed by atoms with Gasteiger partial charge < -0.3 is 14.5 Å². The zero-order valence-electron chi connectivity index (χ0n) is 16.0. The van der Waals surface area contributed by atoms with Gasteiger partial charge in [-0.2, -0.15) is 0 Å². The maximum atomic E-state index is 12.8. The molecule has 5 nitrogen and oxygen atoms in total. The second kappa shape index (κ2) is 8.42. The van der Waals surface area contributed by atoms with Gasteiger partial charge in [-0.05, 0) is 44.1 Å². The molecule has 2 aliphatic heterocycles. The second-order valence-electron chi connectivity index (χ2n) is 8.20. The Morgan fingerprint density at radius 2 is 1.30 bits per heavy atom. The minimum atomic E-state index is 0.0926. The van der Waals surface area contributed by atoms with Crippen LogP contribution in [0.2, 0.25) is 0 Å². The van der Waals surface area contributed by atoms with Crippen molar-refractivity contribution in [1.29, 1.82) is 0 Å². The van der Waals surface area contributed by atoms with Gasteiger partial charge >= 0.3 is 0 Å². The van der Waals surface area contributed by atoms with E-state index in [-0.39, 0.29) is 23.8 Å². The summed E-state index contributed by atoms with van der Waals surface area (Å²) in [5.41, 5.74) is 1.20. The SMILES string of the molecule is O=C(C1CCN(C(=O)C2CC2)CC1)N1CCC(OCc2ccccc2)CC1. The summed E-state index contributed by atoms with van der Waals surface area (Å²) in [6, 6.07) is 10.2. The number of nitrogens with zero attached hydrogens (tertiary/aromatic N) is 2. The zero-order chi connectivity index (χ0) is 18.6. The van der Waals surface area contributed by atoms with Gasteiger partial charge in [-0.3, -0.25) is 9.59 Å². The summed E-state index contributed by atoms with van der Waals surface area (Å²) >= 11 is 0. The first-order valence-electron chi connectivity index (χ1n) is 10.4. The van der Waals surface area contributed by atoms with Gasteiger partial charge in [-0.1, -0.05) is 30.3 Å². The van der Waals surface area contributed by atoms with Crippen molar-refractivity contribution in [1.82, 2.24) is 9.80 Å². The van der Waals surface area contributed by atoms with E-state index in [4.69, 9.17) is 4.74 Å². The van der Waals surface area contributed by atoms with Gasteiger partial charge in [0.1, 0.15) is 0 Å². The molecular formula is C22H30N2O3. The first-order chi connectivity index (χ1) is 13.2. The third-order valence-electron chi connectivity index (χ3n) is 6.16. The van der Waals surface area contributed by atoms with Crippen LogP contribution in [0.15, 0.2) is 30.3 Å². The molecular weight excluding hydrogens is 340 g/mol. The average molecular weight is 370 g/mol. The fourth-order valence-electron chi connectivity index (χ4n) is 4.22. The predicted octanol–water partition coefficient (Wildman–Crippen LogP) is 2.84. The minimum Gasteiger partial charge on any atom is -0.373 e. The molecule has 5 heteroatoms. The van der Waals surface area contributed by atoms with E-state index >= 15 is 0 Å². The van der Waals surface area contributed by atoms with Crippen molar-refractivity contribution in [2.24, 2.45) is 11.8 Å². The number of hydrogen-bond acceptors (Lipinski definition) is 3. The summed E-state index contributed by atoms with van der Waals surface area (Å²) in [5.74, 6) is 0.981. The molecule has 2 saturated heterocycles. The lowest BCUT2D eigenvalue weighted by Crippen LogP contribution is -2.47. The number of likely N-dealkylation sites (tertiary alicyclic amines) is 2. The van der Waals surface area contributed by atoms with Crippen molar-refractivity contribution >= 4 is 11.8 Å². The molecule has 0 bridgehead atoms. The molecule has 0 aromatic heterocycles. The quantitative estimate of drug-likeness (QED) is 0.801. The molecule has 0 N–H and O–H groups in total. The third kappa shape index (κ3) is 4.70.